The third-order valence-corrected chi connectivity index (χ3v) is 2.91. The van der Waals surface area contributed by atoms with Gasteiger partial charge in [-0.25, -0.2) is 0 Å². The van der Waals surface area contributed by atoms with E-state index in [0.717, 1.165) is 14.8 Å². The molecule has 0 aromatic heterocycles. The molecule has 1 atom stereocenters. The number of amides is 1. The number of benzene rings is 1. The molecule has 0 aliphatic rings. The standard InChI is InChI=1S/C10H11BrINO/c1-6-3-4-8(12)5-9(6)13-10(14)7(2)11/h3-5,7H,1-2H3,(H,13,14). The molecule has 76 valence electrons. The highest BCUT2D eigenvalue weighted by molar-refractivity contribution is 14.1. The van der Waals surface area contributed by atoms with Gasteiger partial charge in [-0.15, -0.1) is 0 Å². The van der Waals surface area contributed by atoms with Crippen molar-refractivity contribution in [3.05, 3.63) is 27.3 Å². The van der Waals surface area contributed by atoms with E-state index in [1.54, 1.807) is 6.92 Å². The van der Waals surface area contributed by atoms with E-state index in [1.807, 2.05) is 25.1 Å². The molecule has 0 saturated carbocycles. The van der Waals surface area contributed by atoms with Gasteiger partial charge in [0.25, 0.3) is 0 Å². The van der Waals surface area contributed by atoms with Crippen molar-refractivity contribution in [2.75, 3.05) is 5.32 Å². The lowest BCUT2D eigenvalue weighted by Gasteiger charge is -2.09. The van der Waals surface area contributed by atoms with Crippen LogP contribution in [0.2, 0.25) is 0 Å². The SMILES string of the molecule is Cc1ccc(I)cc1NC(=O)C(C)Br. The molecule has 1 rings (SSSR count). The van der Waals surface area contributed by atoms with Crippen LogP contribution in [0.1, 0.15) is 12.5 Å². The van der Waals surface area contributed by atoms with Crippen molar-refractivity contribution in [3.8, 4) is 0 Å². The first-order chi connectivity index (χ1) is 6.50. The van der Waals surface area contributed by atoms with Crippen molar-refractivity contribution < 1.29 is 4.79 Å². The van der Waals surface area contributed by atoms with Gasteiger partial charge in [0.1, 0.15) is 0 Å². The van der Waals surface area contributed by atoms with Crippen LogP contribution in [0.25, 0.3) is 0 Å². The molecular formula is C10H11BrINO. The average molecular weight is 368 g/mol. The molecule has 1 aromatic rings. The van der Waals surface area contributed by atoms with Crippen LogP contribution in [-0.2, 0) is 4.79 Å². The number of alkyl halides is 1. The topological polar surface area (TPSA) is 29.1 Å². The molecule has 0 bridgehead atoms. The molecule has 1 unspecified atom stereocenters. The lowest BCUT2D eigenvalue weighted by Crippen LogP contribution is -2.20. The Hall–Kier alpha value is -0.100. The summed E-state index contributed by atoms with van der Waals surface area (Å²) in [6.07, 6.45) is 0. The minimum Gasteiger partial charge on any atom is -0.325 e. The Morgan fingerprint density at radius 2 is 2.21 bits per heavy atom. The van der Waals surface area contributed by atoms with Crippen LogP contribution in [0.3, 0.4) is 0 Å². The van der Waals surface area contributed by atoms with E-state index in [9.17, 15) is 4.79 Å². The van der Waals surface area contributed by atoms with Gasteiger partial charge in [-0.1, -0.05) is 22.0 Å². The highest BCUT2D eigenvalue weighted by Crippen LogP contribution is 2.18. The van der Waals surface area contributed by atoms with Gasteiger partial charge in [0.2, 0.25) is 5.91 Å². The zero-order valence-electron chi connectivity index (χ0n) is 7.97. The number of nitrogens with one attached hydrogen (secondary N) is 1. The van der Waals surface area contributed by atoms with Crippen LogP contribution >= 0.6 is 38.5 Å². The molecule has 1 aromatic carbocycles. The Kier molecular flexibility index (Phi) is 4.37. The van der Waals surface area contributed by atoms with E-state index >= 15 is 0 Å². The molecule has 4 heteroatoms. The predicted molar refractivity (Wildman–Crippen MR) is 70.9 cm³/mol. The van der Waals surface area contributed by atoms with Crippen LogP contribution in [0, 0.1) is 10.5 Å². The minimum absolute atomic E-state index is 0.0184. The first-order valence-corrected chi connectivity index (χ1v) is 6.21. The second-order valence-corrected chi connectivity index (χ2v) is 5.68. The summed E-state index contributed by atoms with van der Waals surface area (Å²) in [4.78, 5) is 11.2. The molecule has 14 heavy (non-hydrogen) atoms. The molecule has 1 N–H and O–H groups in total. The zero-order valence-corrected chi connectivity index (χ0v) is 11.7. The molecule has 0 aliphatic heterocycles. The molecule has 0 radical (unpaired) electrons. The quantitative estimate of drug-likeness (QED) is 0.630. The van der Waals surface area contributed by atoms with Gasteiger partial charge in [0.05, 0.1) is 4.83 Å². The fraction of sp³-hybridized carbons (Fsp3) is 0.300. The number of halogens is 2. The number of anilines is 1. The lowest BCUT2D eigenvalue weighted by atomic mass is 10.2. The summed E-state index contributed by atoms with van der Waals surface area (Å²) in [7, 11) is 0. The van der Waals surface area contributed by atoms with Crippen molar-refractivity contribution in [2.24, 2.45) is 0 Å². The van der Waals surface area contributed by atoms with Crippen LogP contribution < -0.4 is 5.32 Å². The van der Waals surface area contributed by atoms with E-state index < -0.39 is 0 Å². The fourth-order valence-corrected chi connectivity index (χ4v) is 1.57. The largest absolute Gasteiger partial charge is 0.325 e. The molecular weight excluding hydrogens is 357 g/mol. The monoisotopic (exact) mass is 367 g/mol. The number of carbonyl (C=O) groups is 1. The fourth-order valence-electron chi connectivity index (χ4n) is 0.961. The van der Waals surface area contributed by atoms with Gasteiger partial charge in [0.15, 0.2) is 0 Å². The predicted octanol–water partition coefficient (Wildman–Crippen LogP) is 3.32. The molecule has 2 nitrogen and oxygen atoms in total. The smallest absolute Gasteiger partial charge is 0.237 e. The van der Waals surface area contributed by atoms with Gasteiger partial charge < -0.3 is 5.32 Å². The maximum Gasteiger partial charge on any atom is 0.237 e. The molecule has 0 heterocycles. The normalized spacial score (nSPS) is 12.3. The third-order valence-electron chi connectivity index (χ3n) is 1.82. The van der Waals surface area contributed by atoms with Crippen molar-refractivity contribution in [2.45, 2.75) is 18.7 Å². The Balaban J connectivity index is 2.86. The molecule has 0 spiro atoms. The number of carbonyl (C=O) groups excluding carboxylic acids is 1. The van der Waals surface area contributed by atoms with E-state index in [4.69, 9.17) is 0 Å². The second kappa shape index (κ2) is 5.11. The number of rotatable bonds is 2. The summed E-state index contributed by atoms with van der Waals surface area (Å²) < 4.78 is 1.12. The highest BCUT2D eigenvalue weighted by Gasteiger charge is 2.09. The maximum absolute atomic E-state index is 11.4. The van der Waals surface area contributed by atoms with Gasteiger partial charge in [-0.3, -0.25) is 4.79 Å². The van der Waals surface area contributed by atoms with Crippen molar-refractivity contribution in [1.29, 1.82) is 0 Å². The third kappa shape index (κ3) is 3.24. The van der Waals surface area contributed by atoms with Gasteiger partial charge >= 0.3 is 0 Å². The highest BCUT2D eigenvalue weighted by atomic mass is 127. The van der Waals surface area contributed by atoms with E-state index in [1.165, 1.54) is 0 Å². The summed E-state index contributed by atoms with van der Waals surface area (Å²) in [5.41, 5.74) is 1.96. The van der Waals surface area contributed by atoms with Crippen molar-refractivity contribution in [1.82, 2.24) is 0 Å². The summed E-state index contributed by atoms with van der Waals surface area (Å²) in [6.45, 7) is 3.78. The van der Waals surface area contributed by atoms with Crippen LogP contribution in [-0.4, -0.2) is 10.7 Å². The Labute approximate surface area is 106 Å². The van der Waals surface area contributed by atoms with E-state index in [2.05, 4.69) is 43.8 Å². The second-order valence-electron chi connectivity index (χ2n) is 3.06. The van der Waals surface area contributed by atoms with Crippen molar-refractivity contribution in [3.63, 3.8) is 0 Å². The van der Waals surface area contributed by atoms with Crippen LogP contribution in [0.15, 0.2) is 18.2 Å². The van der Waals surface area contributed by atoms with Gasteiger partial charge in [0, 0.05) is 9.26 Å². The molecule has 0 aliphatic carbocycles. The van der Waals surface area contributed by atoms with Gasteiger partial charge in [-0.2, -0.15) is 0 Å². The van der Waals surface area contributed by atoms with Crippen LogP contribution in [0.4, 0.5) is 5.69 Å². The van der Waals surface area contributed by atoms with Crippen LogP contribution in [0.5, 0.6) is 0 Å². The molecule has 1 amide bonds. The van der Waals surface area contributed by atoms with Crippen molar-refractivity contribution >= 4 is 50.1 Å². The average Bonchev–Trinajstić information content (AvgIpc) is 2.11. The number of hydrogen-bond donors (Lipinski definition) is 1. The van der Waals surface area contributed by atoms with Gasteiger partial charge in [-0.05, 0) is 54.1 Å². The molecule has 0 fully saturated rings. The zero-order chi connectivity index (χ0) is 10.7. The number of hydrogen-bond acceptors (Lipinski definition) is 1. The lowest BCUT2D eigenvalue weighted by molar-refractivity contribution is -0.115. The molecule has 0 saturated heterocycles. The summed E-state index contributed by atoms with van der Waals surface area (Å²) >= 11 is 5.45. The maximum atomic E-state index is 11.4. The summed E-state index contributed by atoms with van der Waals surface area (Å²) in [6, 6.07) is 5.97. The first-order valence-electron chi connectivity index (χ1n) is 4.22. The van der Waals surface area contributed by atoms with E-state index in [-0.39, 0.29) is 10.7 Å². The first kappa shape index (κ1) is 12.0. The Morgan fingerprint density at radius 3 is 2.79 bits per heavy atom. The Bertz CT molecular complexity index is 352. The summed E-state index contributed by atoms with van der Waals surface area (Å²) in [5, 5.41) is 2.86. The number of aryl methyl sites for hydroxylation is 1. The van der Waals surface area contributed by atoms with E-state index in [0.29, 0.717) is 0 Å². The minimum atomic E-state index is -0.167. The summed E-state index contributed by atoms with van der Waals surface area (Å²) in [5.74, 6) is -0.0184. The Morgan fingerprint density at radius 1 is 1.57 bits per heavy atom.